The molecule has 1 aromatic carbocycles. The summed E-state index contributed by atoms with van der Waals surface area (Å²) in [6, 6.07) is 5.71. The molecule has 0 aromatic heterocycles. The smallest absolute Gasteiger partial charge is 0.326 e. The molecule has 0 aliphatic rings. The zero-order chi connectivity index (χ0) is 21.8. The Hall–Kier alpha value is -2.59. The molecule has 7 N–H and O–H groups in total. The number of thioether (sulfide) groups is 1. The molecule has 0 heterocycles. The van der Waals surface area contributed by atoms with Crippen LogP contribution in [0.2, 0.25) is 0 Å². The molecule has 0 spiro atoms. The van der Waals surface area contributed by atoms with Gasteiger partial charge in [-0.25, -0.2) is 4.79 Å². The molecular formula is C19H28N4O5S. The van der Waals surface area contributed by atoms with Crippen LogP contribution in [0.15, 0.2) is 30.3 Å². The van der Waals surface area contributed by atoms with Crippen LogP contribution in [-0.4, -0.2) is 58.9 Å². The third-order valence-corrected chi connectivity index (χ3v) is 4.82. The van der Waals surface area contributed by atoms with Crippen LogP contribution in [-0.2, 0) is 25.6 Å². The molecule has 10 heteroatoms. The number of carboxylic acid groups (broad SMARTS) is 1. The molecule has 0 bridgehead atoms. The van der Waals surface area contributed by atoms with Gasteiger partial charge in [-0.05, 0) is 30.4 Å². The number of primary amides is 1. The van der Waals surface area contributed by atoms with E-state index >= 15 is 0 Å². The summed E-state index contributed by atoms with van der Waals surface area (Å²) in [5.41, 5.74) is 11.7. The summed E-state index contributed by atoms with van der Waals surface area (Å²) >= 11 is 1.53. The van der Waals surface area contributed by atoms with Gasteiger partial charge in [-0.1, -0.05) is 30.3 Å². The van der Waals surface area contributed by atoms with Gasteiger partial charge in [0.25, 0.3) is 0 Å². The lowest BCUT2D eigenvalue weighted by Gasteiger charge is -2.22. The number of carboxylic acids is 1. The predicted octanol–water partition coefficient (Wildman–Crippen LogP) is -0.371. The summed E-state index contributed by atoms with van der Waals surface area (Å²) in [5.74, 6) is -2.43. The molecule has 3 amide bonds. The third kappa shape index (κ3) is 9.44. The second-order valence-electron chi connectivity index (χ2n) is 6.54. The number of hydrogen-bond donors (Lipinski definition) is 5. The minimum absolute atomic E-state index is 0.0557. The van der Waals surface area contributed by atoms with Crippen LogP contribution in [0.4, 0.5) is 0 Å². The van der Waals surface area contributed by atoms with Crippen molar-refractivity contribution in [3.05, 3.63) is 35.9 Å². The largest absolute Gasteiger partial charge is 0.480 e. The normalized spacial score (nSPS) is 13.7. The van der Waals surface area contributed by atoms with Crippen LogP contribution in [0.5, 0.6) is 0 Å². The van der Waals surface area contributed by atoms with Crippen molar-refractivity contribution in [1.82, 2.24) is 10.6 Å². The van der Waals surface area contributed by atoms with Gasteiger partial charge in [0.15, 0.2) is 0 Å². The zero-order valence-electron chi connectivity index (χ0n) is 16.3. The van der Waals surface area contributed by atoms with Crippen LogP contribution in [0.3, 0.4) is 0 Å². The van der Waals surface area contributed by atoms with E-state index in [0.29, 0.717) is 12.2 Å². The van der Waals surface area contributed by atoms with E-state index in [1.807, 2.05) is 6.26 Å². The summed E-state index contributed by atoms with van der Waals surface area (Å²) in [6.45, 7) is 0. The van der Waals surface area contributed by atoms with Gasteiger partial charge in [0.2, 0.25) is 17.7 Å². The van der Waals surface area contributed by atoms with E-state index in [-0.39, 0.29) is 19.3 Å². The summed E-state index contributed by atoms with van der Waals surface area (Å²) < 4.78 is 0. The van der Waals surface area contributed by atoms with E-state index < -0.39 is 41.8 Å². The number of rotatable bonds is 13. The van der Waals surface area contributed by atoms with Crippen molar-refractivity contribution >= 4 is 35.5 Å². The molecule has 3 unspecified atom stereocenters. The highest BCUT2D eigenvalue weighted by atomic mass is 32.2. The zero-order valence-corrected chi connectivity index (χ0v) is 17.1. The molecule has 0 fully saturated rings. The molecule has 1 rings (SSSR count). The molecule has 29 heavy (non-hydrogen) atoms. The average Bonchev–Trinajstić information content (AvgIpc) is 2.68. The van der Waals surface area contributed by atoms with Crippen molar-refractivity contribution in [1.29, 1.82) is 0 Å². The summed E-state index contributed by atoms with van der Waals surface area (Å²) in [5, 5.41) is 14.4. The fourth-order valence-corrected chi connectivity index (χ4v) is 3.02. The first-order chi connectivity index (χ1) is 13.7. The topological polar surface area (TPSA) is 165 Å². The number of nitrogens with one attached hydrogen (secondary N) is 2. The molecule has 0 saturated carbocycles. The Labute approximate surface area is 174 Å². The quantitative estimate of drug-likeness (QED) is 0.288. The number of nitrogens with two attached hydrogens (primary N) is 2. The highest BCUT2D eigenvalue weighted by Crippen LogP contribution is 2.06. The monoisotopic (exact) mass is 424 g/mol. The van der Waals surface area contributed by atoms with E-state index in [0.717, 1.165) is 5.56 Å². The lowest BCUT2D eigenvalue weighted by Crippen LogP contribution is -2.55. The van der Waals surface area contributed by atoms with Crippen LogP contribution in [0, 0.1) is 0 Å². The molecule has 0 saturated heterocycles. The first-order valence-corrected chi connectivity index (χ1v) is 10.5. The van der Waals surface area contributed by atoms with Gasteiger partial charge in [0.05, 0.1) is 6.04 Å². The molecule has 0 aliphatic carbocycles. The van der Waals surface area contributed by atoms with Crippen molar-refractivity contribution in [2.24, 2.45) is 11.5 Å². The Bertz CT molecular complexity index is 701. The maximum Gasteiger partial charge on any atom is 0.326 e. The van der Waals surface area contributed by atoms with Gasteiger partial charge < -0.3 is 27.2 Å². The van der Waals surface area contributed by atoms with Gasteiger partial charge in [-0.15, -0.1) is 0 Å². The Morgan fingerprint density at radius 2 is 1.66 bits per heavy atom. The SMILES string of the molecule is CSCCC(N)C(=O)NC(CCC(N)=O)C(=O)NC(Cc1ccccc1)C(=O)O. The molecule has 160 valence electrons. The fourth-order valence-electron chi connectivity index (χ4n) is 2.53. The number of benzene rings is 1. The van der Waals surface area contributed by atoms with Crippen LogP contribution in [0.25, 0.3) is 0 Å². The second-order valence-corrected chi connectivity index (χ2v) is 7.53. The maximum atomic E-state index is 12.6. The molecule has 0 radical (unpaired) electrons. The van der Waals surface area contributed by atoms with E-state index in [1.54, 1.807) is 30.3 Å². The van der Waals surface area contributed by atoms with Crippen LogP contribution >= 0.6 is 11.8 Å². The van der Waals surface area contributed by atoms with Gasteiger partial charge in [-0.3, -0.25) is 14.4 Å². The van der Waals surface area contributed by atoms with Crippen molar-refractivity contribution in [3.63, 3.8) is 0 Å². The maximum absolute atomic E-state index is 12.6. The van der Waals surface area contributed by atoms with E-state index in [1.165, 1.54) is 11.8 Å². The Morgan fingerprint density at radius 3 is 2.21 bits per heavy atom. The number of aliphatic carboxylic acids is 1. The predicted molar refractivity (Wildman–Crippen MR) is 111 cm³/mol. The van der Waals surface area contributed by atoms with Gasteiger partial charge in [-0.2, -0.15) is 11.8 Å². The van der Waals surface area contributed by atoms with Crippen LogP contribution in [0.1, 0.15) is 24.8 Å². The minimum Gasteiger partial charge on any atom is -0.480 e. The lowest BCUT2D eigenvalue weighted by atomic mass is 10.0. The summed E-state index contributed by atoms with van der Waals surface area (Å²) in [4.78, 5) is 47.6. The molecule has 9 nitrogen and oxygen atoms in total. The number of carbonyl (C=O) groups is 4. The number of amides is 3. The molecular weight excluding hydrogens is 396 g/mol. The van der Waals surface area contributed by atoms with Crippen molar-refractivity contribution in [3.8, 4) is 0 Å². The van der Waals surface area contributed by atoms with Gasteiger partial charge in [0.1, 0.15) is 12.1 Å². The number of hydrogen-bond acceptors (Lipinski definition) is 6. The summed E-state index contributed by atoms with van der Waals surface area (Å²) in [6.07, 6.45) is 2.18. The third-order valence-electron chi connectivity index (χ3n) is 4.18. The summed E-state index contributed by atoms with van der Waals surface area (Å²) in [7, 11) is 0. The molecule has 1 aromatic rings. The van der Waals surface area contributed by atoms with Crippen molar-refractivity contribution < 1.29 is 24.3 Å². The van der Waals surface area contributed by atoms with Crippen molar-refractivity contribution in [2.75, 3.05) is 12.0 Å². The van der Waals surface area contributed by atoms with Crippen molar-refractivity contribution in [2.45, 2.75) is 43.8 Å². The Morgan fingerprint density at radius 1 is 1.03 bits per heavy atom. The Balaban J connectivity index is 2.83. The van der Waals surface area contributed by atoms with E-state index in [4.69, 9.17) is 11.5 Å². The fraction of sp³-hybridized carbons (Fsp3) is 0.474. The lowest BCUT2D eigenvalue weighted by molar-refractivity contribution is -0.142. The molecule has 0 aliphatic heterocycles. The van der Waals surface area contributed by atoms with Gasteiger partial charge in [0, 0.05) is 12.8 Å². The second kappa shape index (κ2) is 12.8. The first kappa shape index (κ1) is 24.4. The van der Waals surface area contributed by atoms with Crippen LogP contribution < -0.4 is 22.1 Å². The van der Waals surface area contributed by atoms with Gasteiger partial charge >= 0.3 is 5.97 Å². The number of carbonyl (C=O) groups excluding carboxylic acids is 3. The standard InChI is InChI=1S/C19H28N4O5S/c1-29-10-9-13(20)17(25)22-14(7-8-16(21)24)18(26)23-15(19(27)28)11-12-5-3-2-4-6-12/h2-6,13-15H,7-11,20H2,1H3,(H2,21,24)(H,22,25)(H,23,26)(H,27,28). The highest BCUT2D eigenvalue weighted by molar-refractivity contribution is 7.98. The van der Waals surface area contributed by atoms with E-state index in [9.17, 15) is 24.3 Å². The highest BCUT2D eigenvalue weighted by Gasteiger charge is 2.28. The van der Waals surface area contributed by atoms with E-state index in [2.05, 4.69) is 10.6 Å². The molecule has 3 atom stereocenters. The average molecular weight is 425 g/mol. The first-order valence-electron chi connectivity index (χ1n) is 9.14. The Kier molecular flexibility index (Phi) is 10.8. The minimum atomic E-state index is -1.21.